The van der Waals surface area contributed by atoms with Gasteiger partial charge in [-0.1, -0.05) is 245 Å². The second-order valence-electron chi connectivity index (χ2n) is 17.9. The molecule has 0 amide bonds. The molecule has 11 heteroatoms. The van der Waals surface area contributed by atoms with Gasteiger partial charge in [0.2, 0.25) is 0 Å². The maximum Gasteiger partial charge on any atom is 0.472 e. The van der Waals surface area contributed by atoms with E-state index in [1.54, 1.807) is 0 Å². The van der Waals surface area contributed by atoms with Crippen LogP contribution in [0.1, 0.15) is 271 Å². The van der Waals surface area contributed by atoms with Crippen LogP contribution in [0, 0.1) is 0 Å². The molecular weight excluding hydrogens is 792 g/mol. The lowest BCUT2D eigenvalue weighted by Gasteiger charge is -2.20. The third-order valence-corrected chi connectivity index (χ3v) is 12.7. The molecule has 0 aliphatic heterocycles. The lowest BCUT2D eigenvalue weighted by molar-refractivity contribution is -0.161. The molecule has 0 aromatic carbocycles. The van der Waals surface area contributed by atoms with Crippen LogP contribution < -0.4 is 0 Å². The molecule has 0 aliphatic carbocycles. The summed E-state index contributed by atoms with van der Waals surface area (Å²) in [5.74, 6) is -0.903. The maximum atomic E-state index is 12.7. The molecule has 0 rings (SSSR count). The highest BCUT2D eigenvalue weighted by Gasteiger charge is 2.27. The molecule has 0 aromatic heterocycles. The van der Waals surface area contributed by atoms with Gasteiger partial charge in [0.25, 0.3) is 0 Å². The number of phosphoric ester groups is 1. The summed E-state index contributed by atoms with van der Waals surface area (Å²) in [4.78, 5) is 35.1. The molecule has 0 saturated carbocycles. The zero-order chi connectivity index (χ0) is 44.8. The minimum Gasteiger partial charge on any atom is -0.462 e. The Hall–Kier alpha value is -1.03. The van der Waals surface area contributed by atoms with E-state index in [1.165, 1.54) is 199 Å². The SMILES string of the molecule is CCCCCCCCCCCCCCCCCCCCCCCCCCC(=O)OC(COC(=O)CCCCCCCCCCCCCCCC)COP(=O)(O)OCC(O)CO. The highest BCUT2D eigenvalue weighted by molar-refractivity contribution is 7.47. The van der Waals surface area contributed by atoms with E-state index in [0.29, 0.717) is 12.8 Å². The van der Waals surface area contributed by atoms with Gasteiger partial charge in [-0.2, -0.15) is 0 Å². The first-order valence-electron chi connectivity index (χ1n) is 26.0. The van der Waals surface area contributed by atoms with Gasteiger partial charge in [0.1, 0.15) is 12.7 Å². The van der Waals surface area contributed by atoms with E-state index in [1.807, 2.05) is 0 Å². The molecule has 10 nitrogen and oxygen atoms in total. The number of aliphatic hydroxyl groups excluding tert-OH is 2. The monoisotopic (exact) mass is 891 g/mol. The third kappa shape index (κ3) is 46.8. The van der Waals surface area contributed by atoms with Crippen molar-refractivity contribution in [2.45, 2.75) is 283 Å². The highest BCUT2D eigenvalue weighted by Crippen LogP contribution is 2.43. The zero-order valence-electron chi connectivity index (χ0n) is 39.9. The van der Waals surface area contributed by atoms with Crippen molar-refractivity contribution in [2.75, 3.05) is 26.4 Å². The van der Waals surface area contributed by atoms with Crippen LogP contribution in [0.15, 0.2) is 0 Å². The number of phosphoric acid groups is 1. The Morgan fingerprint density at radius 1 is 0.426 bits per heavy atom. The van der Waals surface area contributed by atoms with Crippen molar-refractivity contribution in [3.63, 3.8) is 0 Å². The normalized spacial score (nSPS) is 13.6. The number of ether oxygens (including phenoxy) is 2. The van der Waals surface area contributed by atoms with Crippen molar-refractivity contribution in [1.82, 2.24) is 0 Å². The topological polar surface area (TPSA) is 149 Å². The zero-order valence-corrected chi connectivity index (χ0v) is 40.8. The standard InChI is InChI=1S/C50H99O10P/c1-3-5-7-9-11-13-15-17-19-20-21-22-23-24-25-26-27-28-30-32-34-36-38-40-42-50(54)60-48(46-59-61(55,56)58-44-47(52)43-51)45-57-49(53)41-39-37-35-33-31-29-18-16-14-12-10-8-6-4-2/h47-48,51-52H,3-46H2,1-2H3,(H,55,56). The Balaban J connectivity index is 4.07. The Morgan fingerprint density at radius 3 is 1.02 bits per heavy atom. The van der Waals surface area contributed by atoms with Gasteiger partial charge in [-0.15, -0.1) is 0 Å². The van der Waals surface area contributed by atoms with Crippen LogP contribution in [0.4, 0.5) is 0 Å². The predicted molar refractivity (Wildman–Crippen MR) is 252 cm³/mol. The van der Waals surface area contributed by atoms with E-state index < -0.39 is 51.8 Å². The molecule has 0 fully saturated rings. The minimum atomic E-state index is -4.61. The summed E-state index contributed by atoms with van der Waals surface area (Å²) in [5.41, 5.74) is 0. The number of rotatable bonds is 50. The Morgan fingerprint density at radius 2 is 0.705 bits per heavy atom. The smallest absolute Gasteiger partial charge is 0.462 e. The molecule has 3 atom stereocenters. The molecule has 0 bridgehead atoms. The van der Waals surface area contributed by atoms with Crippen molar-refractivity contribution in [1.29, 1.82) is 0 Å². The molecule has 61 heavy (non-hydrogen) atoms. The Kier molecular flexibility index (Phi) is 46.2. The fraction of sp³-hybridized carbons (Fsp3) is 0.960. The average molecular weight is 891 g/mol. The lowest BCUT2D eigenvalue weighted by Crippen LogP contribution is -2.29. The van der Waals surface area contributed by atoms with E-state index in [4.69, 9.17) is 23.6 Å². The second kappa shape index (κ2) is 46.9. The molecule has 0 heterocycles. The fourth-order valence-corrected chi connectivity index (χ4v) is 8.55. The van der Waals surface area contributed by atoms with E-state index >= 15 is 0 Å². The van der Waals surface area contributed by atoms with Gasteiger partial charge in [0.05, 0.1) is 19.8 Å². The number of aliphatic hydroxyl groups is 2. The Bertz CT molecular complexity index is 982. The summed E-state index contributed by atoms with van der Waals surface area (Å²) in [7, 11) is -4.61. The molecule has 0 radical (unpaired) electrons. The molecule has 364 valence electrons. The average Bonchev–Trinajstić information content (AvgIpc) is 3.25. The first-order valence-corrected chi connectivity index (χ1v) is 27.5. The fourth-order valence-electron chi connectivity index (χ4n) is 7.76. The molecule has 3 unspecified atom stereocenters. The number of carbonyl (C=O) groups excluding carboxylic acids is 2. The highest BCUT2D eigenvalue weighted by atomic mass is 31.2. The van der Waals surface area contributed by atoms with Crippen molar-refractivity contribution < 1.29 is 47.8 Å². The number of esters is 2. The first kappa shape index (κ1) is 60.0. The molecule has 0 aromatic rings. The Labute approximate surface area is 375 Å². The van der Waals surface area contributed by atoms with Crippen LogP contribution in [0.5, 0.6) is 0 Å². The first-order chi connectivity index (χ1) is 29.7. The molecule has 0 spiro atoms. The van der Waals surface area contributed by atoms with E-state index in [-0.39, 0.29) is 19.4 Å². The van der Waals surface area contributed by atoms with E-state index in [0.717, 1.165) is 32.1 Å². The van der Waals surface area contributed by atoms with Gasteiger partial charge in [0.15, 0.2) is 6.10 Å². The molecule has 0 saturated heterocycles. The van der Waals surface area contributed by atoms with Crippen LogP contribution in [0.2, 0.25) is 0 Å². The van der Waals surface area contributed by atoms with Gasteiger partial charge < -0.3 is 24.6 Å². The van der Waals surface area contributed by atoms with Crippen LogP contribution in [-0.2, 0) is 32.7 Å². The van der Waals surface area contributed by atoms with Crippen molar-refractivity contribution >= 4 is 19.8 Å². The van der Waals surface area contributed by atoms with E-state index in [9.17, 15) is 24.2 Å². The molecule has 0 aliphatic rings. The number of unbranched alkanes of at least 4 members (excludes halogenated alkanes) is 36. The third-order valence-electron chi connectivity index (χ3n) is 11.8. The summed E-state index contributed by atoms with van der Waals surface area (Å²) in [5, 5.41) is 18.4. The predicted octanol–water partition coefficient (Wildman–Crippen LogP) is 14.6. The van der Waals surface area contributed by atoms with Gasteiger partial charge in [0, 0.05) is 12.8 Å². The summed E-state index contributed by atoms with van der Waals surface area (Å²) >= 11 is 0. The van der Waals surface area contributed by atoms with Gasteiger partial charge >= 0.3 is 19.8 Å². The van der Waals surface area contributed by atoms with E-state index in [2.05, 4.69) is 13.8 Å². The maximum absolute atomic E-state index is 12.7. The summed E-state index contributed by atoms with van der Waals surface area (Å²) in [6, 6.07) is 0. The van der Waals surface area contributed by atoms with Gasteiger partial charge in [-0.3, -0.25) is 18.6 Å². The lowest BCUT2D eigenvalue weighted by atomic mass is 10.0. The van der Waals surface area contributed by atoms with Crippen LogP contribution in [-0.4, -0.2) is 65.7 Å². The van der Waals surface area contributed by atoms with Gasteiger partial charge in [-0.25, -0.2) is 4.57 Å². The largest absolute Gasteiger partial charge is 0.472 e. The number of hydrogen-bond donors (Lipinski definition) is 3. The van der Waals surface area contributed by atoms with Crippen LogP contribution in [0.25, 0.3) is 0 Å². The van der Waals surface area contributed by atoms with Crippen molar-refractivity contribution in [2.24, 2.45) is 0 Å². The van der Waals surface area contributed by atoms with Crippen molar-refractivity contribution in [3.05, 3.63) is 0 Å². The number of carbonyl (C=O) groups is 2. The summed E-state index contributed by atoms with van der Waals surface area (Å²) < 4.78 is 32.9. The van der Waals surface area contributed by atoms with Gasteiger partial charge in [-0.05, 0) is 12.8 Å². The molecular formula is C50H99O10P. The van der Waals surface area contributed by atoms with Crippen molar-refractivity contribution in [3.8, 4) is 0 Å². The summed E-state index contributed by atoms with van der Waals surface area (Å²) in [6.45, 7) is 2.45. The van der Waals surface area contributed by atoms with Crippen LogP contribution >= 0.6 is 7.82 Å². The summed E-state index contributed by atoms with van der Waals surface area (Å²) in [6.07, 6.45) is 46.5. The minimum absolute atomic E-state index is 0.193. The quantitative estimate of drug-likeness (QED) is 0.0306. The van der Waals surface area contributed by atoms with Crippen LogP contribution in [0.3, 0.4) is 0 Å². The second-order valence-corrected chi connectivity index (χ2v) is 19.4. The molecule has 3 N–H and O–H groups in total. The number of hydrogen-bond acceptors (Lipinski definition) is 9.